The summed E-state index contributed by atoms with van der Waals surface area (Å²) in [6.45, 7) is 6.88. The summed E-state index contributed by atoms with van der Waals surface area (Å²) in [5, 5.41) is 15.8. The number of amides is 4. The van der Waals surface area contributed by atoms with E-state index >= 15 is 0 Å². The Morgan fingerprint density at radius 2 is 1.67 bits per heavy atom. The van der Waals surface area contributed by atoms with Gasteiger partial charge in [-0.05, 0) is 76.3 Å². The van der Waals surface area contributed by atoms with E-state index in [4.69, 9.17) is 9.47 Å². The number of urea groups is 1. The predicted octanol–water partition coefficient (Wildman–Crippen LogP) is 6.16. The number of nitrogens with one attached hydrogen (secondary N) is 2. The molecule has 4 amide bonds. The molecule has 2 aliphatic rings. The lowest BCUT2D eigenvalue weighted by molar-refractivity contribution is -0.137. The van der Waals surface area contributed by atoms with E-state index in [0.717, 1.165) is 44.9 Å². The van der Waals surface area contributed by atoms with Gasteiger partial charge in [-0.2, -0.15) is 0 Å². The highest BCUT2D eigenvalue weighted by atomic mass is 16.5. The molecule has 46 heavy (non-hydrogen) atoms. The number of likely N-dealkylation sites (N-methyl/N-ethyl adjacent to an activating group) is 1. The van der Waals surface area contributed by atoms with Crippen LogP contribution in [0.2, 0.25) is 0 Å². The van der Waals surface area contributed by atoms with Gasteiger partial charge in [0.2, 0.25) is 5.91 Å². The fraction of sp³-hybridized carbons (Fsp3) is 0.583. The van der Waals surface area contributed by atoms with Gasteiger partial charge in [-0.15, -0.1) is 0 Å². The number of aliphatic hydroxyl groups is 1. The minimum atomic E-state index is -0.492. The molecular weight excluding hydrogens is 584 g/mol. The van der Waals surface area contributed by atoms with Crippen LogP contribution in [0.3, 0.4) is 0 Å². The second-order valence-electron chi connectivity index (χ2n) is 13.0. The van der Waals surface area contributed by atoms with Crippen molar-refractivity contribution in [3.8, 4) is 5.75 Å². The summed E-state index contributed by atoms with van der Waals surface area (Å²) in [6.07, 6.45) is 7.30. The molecular formula is C36H52N4O6. The number of fused-ring (bicyclic) bond motifs is 1. The molecule has 10 heteroatoms. The number of rotatable bonds is 7. The Bertz CT molecular complexity index is 1280. The van der Waals surface area contributed by atoms with E-state index in [1.807, 2.05) is 44.0 Å². The van der Waals surface area contributed by atoms with Crippen LogP contribution in [0, 0.1) is 11.8 Å². The van der Waals surface area contributed by atoms with Crippen LogP contribution in [0.1, 0.15) is 82.5 Å². The first kappa shape index (κ1) is 35.2. The maximum absolute atomic E-state index is 14.3. The van der Waals surface area contributed by atoms with Crippen molar-refractivity contribution in [1.29, 1.82) is 0 Å². The molecule has 0 unspecified atom stereocenters. The lowest BCUT2D eigenvalue weighted by Crippen LogP contribution is -2.48. The van der Waals surface area contributed by atoms with Crippen molar-refractivity contribution in [2.75, 3.05) is 44.0 Å². The van der Waals surface area contributed by atoms with E-state index in [1.165, 1.54) is 6.42 Å². The minimum Gasteiger partial charge on any atom is -0.490 e. The fourth-order valence-electron chi connectivity index (χ4n) is 6.30. The van der Waals surface area contributed by atoms with Crippen LogP contribution in [0.5, 0.6) is 5.75 Å². The highest BCUT2D eigenvalue weighted by Crippen LogP contribution is 2.29. The summed E-state index contributed by atoms with van der Waals surface area (Å²) in [5.41, 5.74) is 1.38. The number of carbonyl (C=O) groups is 3. The molecule has 0 bridgehead atoms. The van der Waals surface area contributed by atoms with Crippen molar-refractivity contribution < 1.29 is 29.0 Å². The number of ether oxygens (including phenoxy) is 2. The molecule has 1 heterocycles. The second-order valence-corrected chi connectivity index (χ2v) is 13.0. The van der Waals surface area contributed by atoms with Gasteiger partial charge >= 0.3 is 6.03 Å². The predicted molar refractivity (Wildman–Crippen MR) is 180 cm³/mol. The maximum Gasteiger partial charge on any atom is 0.323 e. The van der Waals surface area contributed by atoms with Crippen LogP contribution in [-0.4, -0.2) is 84.4 Å². The standard InChI is InChI=1S/C36H52N4O6/c1-25-22-40(26(2)24-41)35(43)31-21-30(38-36(44)37-29-16-9-6-10-17-29)18-19-32(31)46-27(3)13-11-12-20-45-33(25)23-39(4)34(42)28-14-7-5-8-15-28/h6,9-10,16-19,21,25-28,33,41H,5,7-8,11-15,20,22-24H2,1-4H3,(H2,37,38,44)/t25-,26-,27+,33+/m0/s1. The number of nitrogens with zero attached hydrogens (tertiary/aromatic N) is 2. The topological polar surface area (TPSA) is 120 Å². The van der Waals surface area contributed by atoms with Crippen molar-refractivity contribution in [3.05, 3.63) is 54.1 Å². The average Bonchev–Trinajstić information content (AvgIpc) is 3.06. The van der Waals surface area contributed by atoms with Crippen LogP contribution in [-0.2, 0) is 9.53 Å². The van der Waals surface area contributed by atoms with Gasteiger partial charge in [0.1, 0.15) is 5.75 Å². The van der Waals surface area contributed by atoms with Gasteiger partial charge in [0.15, 0.2) is 0 Å². The molecule has 0 aromatic heterocycles. The molecule has 1 aliphatic carbocycles. The zero-order chi connectivity index (χ0) is 33.1. The van der Waals surface area contributed by atoms with E-state index in [0.29, 0.717) is 42.4 Å². The van der Waals surface area contributed by atoms with Crippen LogP contribution < -0.4 is 15.4 Å². The van der Waals surface area contributed by atoms with Crippen LogP contribution in [0.4, 0.5) is 16.2 Å². The molecule has 252 valence electrons. The number of hydrogen-bond acceptors (Lipinski definition) is 6. The third kappa shape index (κ3) is 9.93. The molecule has 0 spiro atoms. The Labute approximate surface area is 273 Å². The fourth-order valence-corrected chi connectivity index (χ4v) is 6.30. The van der Waals surface area contributed by atoms with Crippen molar-refractivity contribution in [2.24, 2.45) is 11.8 Å². The molecule has 2 aromatic carbocycles. The largest absolute Gasteiger partial charge is 0.490 e. The third-order valence-electron chi connectivity index (χ3n) is 9.13. The van der Waals surface area contributed by atoms with Crippen molar-refractivity contribution in [1.82, 2.24) is 9.80 Å². The summed E-state index contributed by atoms with van der Waals surface area (Å²) < 4.78 is 12.7. The summed E-state index contributed by atoms with van der Waals surface area (Å²) in [7, 11) is 1.86. The molecule has 0 saturated heterocycles. The summed E-state index contributed by atoms with van der Waals surface area (Å²) >= 11 is 0. The monoisotopic (exact) mass is 636 g/mol. The molecule has 3 N–H and O–H groups in total. The van der Waals surface area contributed by atoms with Gasteiger partial charge in [-0.25, -0.2) is 4.79 Å². The number of anilines is 2. The Kier molecular flexibility index (Phi) is 13.3. The van der Waals surface area contributed by atoms with Crippen molar-refractivity contribution in [3.63, 3.8) is 0 Å². The summed E-state index contributed by atoms with van der Waals surface area (Å²) in [5.74, 6) is 0.212. The first-order valence-corrected chi connectivity index (χ1v) is 16.9. The van der Waals surface area contributed by atoms with E-state index in [1.54, 1.807) is 42.2 Å². The van der Waals surface area contributed by atoms with Gasteiger partial charge in [0, 0.05) is 50.0 Å². The van der Waals surface area contributed by atoms with E-state index in [9.17, 15) is 19.5 Å². The second kappa shape index (κ2) is 17.3. The van der Waals surface area contributed by atoms with E-state index in [2.05, 4.69) is 10.6 Å². The molecule has 1 fully saturated rings. The van der Waals surface area contributed by atoms with Crippen molar-refractivity contribution in [2.45, 2.75) is 90.4 Å². The lowest BCUT2D eigenvalue weighted by Gasteiger charge is -2.36. The zero-order valence-electron chi connectivity index (χ0n) is 27.9. The van der Waals surface area contributed by atoms with Gasteiger partial charge < -0.3 is 35.0 Å². The van der Waals surface area contributed by atoms with Crippen LogP contribution >= 0.6 is 0 Å². The number of carbonyl (C=O) groups excluding carboxylic acids is 3. The highest BCUT2D eigenvalue weighted by Gasteiger charge is 2.32. The number of aliphatic hydroxyl groups excluding tert-OH is 1. The first-order chi connectivity index (χ1) is 22.2. The minimum absolute atomic E-state index is 0.0654. The first-order valence-electron chi connectivity index (χ1n) is 16.9. The quantitative estimate of drug-likeness (QED) is 0.335. The lowest BCUT2D eigenvalue weighted by atomic mass is 9.88. The summed E-state index contributed by atoms with van der Waals surface area (Å²) in [4.78, 5) is 43.9. The zero-order valence-corrected chi connectivity index (χ0v) is 27.9. The van der Waals surface area contributed by atoms with Crippen molar-refractivity contribution >= 4 is 29.2 Å². The van der Waals surface area contributed by atoms with Crippen LogP contribution in [0.15, 0.2) is 48.5 Å². The van der Waals surface area contributed by atoms with Crippen LogP contribution in [0.25, 0.3) is 0 Å². The van der Waals surface area contributed by atoms with E-state index in [-0.39, 0.29) is 42.5 Å². The number of para-hydroxylation sites is 1. The van der Waals surface area contributed by atoms with Gasteiger partial charge in [-0.3, -0.25) is 9.59 Å². The molecule has 1 saturated carbocycles. The van der Waals surface area contributed by atoms with E-state index < -0.39 is 12.1 Å². The molecule has 4 rings (SSSR count). The average molecular weight is 637 g/mol. The Morgan fingerprint density at radius 3 is 2.39 bits per heavy atom. The third-order valence-corrected chi connectivity index (χ3v) is 9.13. The summed E-state index contributed by atoms with van der Waals surface area (Å²) in [6, 6.07) is 13.3. The normalized spacial score (nSPS) is 22.5. The molecule has 0 radical (unpaired) electrons. The smallest absolute Gasteiger partial charge is 0.323 e. The molecule has 2 aromatic rings. The Hall–Kier alpha value is -3.63. The van der Waals surface area contributed by atoms with Gasteiger partial charge in [0.05, 0.1) is 30.4 Å². The molecule has 1 aliphatic heterocycles. The SMILES string of the molecule is C[C@@H]1CCCCO[C@H](CN(C)C(=O)C2CCCCC2)[C@@H](C)CN([C@@H](C)CO)C(=O)c2cc(NC(=O)Nc3ccccc3)ccc2O1. The Morgan fingerprint density at radius 1 is 0.978 bits per heavy atom. The molecule has 10 nitrogen and oxygen atoms in total. The maximum atomic E-state index is 14.3. The Balaban J connectivity index is 1.58. The number of hydrogen-bond donors (Lipinski definition) is 3. The van der Waals surface area contributed by atoms with Gasteiger partial charge in [0.25, 0.3) is 5.91 Å². The molecule has 4 atom stereocenters. The highest BCUT2D eigenvalue weighted by molar-refractivity contribution is 6.02. The number of benzene rings is 2. The van der Waals surface area contributed by atoms with Gasteiger partial charge in [-0.1, -0.05) is 44.4 Å².